The first kappa shape index (κ1) is 13.9. The third kappa shape index (κ3) is 3.28. The van der Waals surface area contributed by atoms with Crippen LogP contribution in [0.15, 0.2) is 30.3 Å². The summed E-state index contributed by atoms with van der Waals surface area (Å²) in [6.45, 7) is 3.67. The van der Waals surface area contributed by atoms with Gasteiger partial charge in [-0.25, -0.2) is 4.68 Å². The second-order valence-corrected chi connectivity index (χ2v) is 4.50. The highest BCUT2D eigenvalue weighted by molar-refractivity contribution is 5.93. The van der Waals surface area contributed by atoms with Crippen molar-refractivity contribution in [2.45, 2.75) is 26.9 Å². The van der Waals surface area contributed by atoms with Crippen LogP contribution >= 0.6 is 0 Å². The molecule has 0 saturated carbocycles. The van der Waals surface area contributed by atoms with Crippen molar-refractivity contribution in [1.82, 2.24) is 20.3 Å². The number of rotatable bonds is 5. The second-order valence-electron chi connectivity index (χ2n) is 4.50. The van der Waals surface area contributed by atoms with Crippen LogP contribution in [0.25, 0.3) is 0 Å². The summed E-state index contributed by atoms with van der Waals surface area (Å²) in [5, 5.41) is 10.4. The number of Topliss-reactive ketones (excluding diaryl/α,β-unsaturated/α-hetero) is 1. The molecule has 0 radical (unpaired) electrons. The summed E-state index contributed by atoms with van der Waals surface area (Å²) in [5.74, 6) is -0.324. The minimum absolute atomic E-state index is 0.0545. The summed E-state index contributed by atoms with van der Waals surface area (Å²) >= 11 is 0. The molecule has 0 atom stereocenters. The Morgan fingerprint density at radius 1 is 1.25 bits per heavy atom. The SMILES string of the molecule is CC(=O)c1nnn(CC(=O)NCc2ccccc2)c1C. The molecular formula is C14H16N4O2. The van der Waals surface area contributed by atoms with Gasteiger partial charge in [-0.15, -0.1) is 5.10 Å². The lowest BCUT2D eigenvalue weighted by Crippen LogP contribution is -2.28. The molecule has 0 unspecified atom stereocenters. The zero-order chi connectivity index (χ0) is 14.5. The molecule has 6 nitrogen and oxygen atoms in total. The Balaban J connectivity index is 1.93. The molecule has 0 aliphatic carbocycles. The van der Waals surface area contributed by atoms with Gasteiger partial charge in [0.25, 0.3) is 0 Å². The summed E-state index contributed by atoms with van der Waals surface area (Å²) in [7, 11) is 0. The number of hydrogen-bond donors (Lipinski definition) is 1. The molecule has 0 aliphatic heterocycles. The molecule has 2 aromatic rings. The number of hydrogen-bond acceptors (Lipinski definition) is 4. The van der Waals surface area contributed by atoms with Crippen LogP contribution in [0.4, 0.5) is 0 Å². The van der Waals surface area contributed by atoms with Crippen LogP contribution < -0.4 is 5.32 Å². The molecule has 1 N–H and O–H groups in total. The minimum Gasteiger partial charge on any atom is -0.350 e. The van der Waals surface area contributed by atoms with Gasteiger partial charge in [0.1, 0.15) is 6.54 Å². The van der Waals surface area contributed by atoms with Crippen molar-refractivity contribution in [3.8, 4) is 0 Å². The van der Waals surface area contributed by atoms with E-state index in [9.17, 15) is 9.59 Å². The predicted octanol–water partition coefficient (Wildman–Crippen LogP) is 1.11. The number of aromatic nitrogens is 3. The third-order valence-electron chi connectivity index (χ3n) is 2.94. The molecule has 0 spiro atoms. The van der Waals surface area contributed by atoms with Gasteiger partial charge in [-0.05, 0) is 12.5 Å². The number of carbonyl (C=O) groups excluding carboxylic acids is 2. The molecule has 1 aromatic carbocycles. The highest BCUT2D eigenvalue weighted by Crippen LogP contribution is 2.04. The lowest BCUT2D eigenvalue weighted by atomic mass is 10.2. The van der Waals surface area contributed by atoms with Crippen LogP contribution in [0.5, 0.6) is 0 Å². The first-order valence-electron chi connectivity index (χ1n) is 6.29. The van der Waals surface area contributed by atoms with Crippen LogP contribution in [-0.4, -0.2) is 26.7 Å². The fraction of sp³-hybridized carbons (Fsp3) is 0.286. The zero-order valence-corrected chi connectivity index (χ0v) is 11.5. The smallest absolute Gasteiger partial charge is 0.242 e. The van der Waals surface area contributed by atoms with Gasteiger partial charge >= 0.3 is 0 Å². The molecule has 1 heterocycles. The van der Waals surface area contributed by atoms with E-state index >= 15 is 0 Å². The number of amides is 1. The molecule has 0 saturated heterocycles. The Bertz CT molecular complexity index is 619. The topological polar surface area (TPSA) is 76.9 Å². The molecule has 1 amide bonds. The first-order valence-corrected chi connectivity index (χ1v) is 6.29. The van der Waals surface area contributed by atoms with E-state index in [-0.39, 0.29) is 18.2 Å². The van der Waals surface area contributed by atoms with Gasteiger partial charge in [0.05, 0.1) is 5.69 Å². The summed E-state index contributed by atoms with van der Waals surface area (Å²) < 4.78 is 1.43. The Hall–Kier alpha value is -2.50. The number of benzene rings is 1. The van der Waals surface area contributed by atoms with Crippen molar-refractivity contribution < 1.29 is 9.59 Å². The molecule has 2 rings (SSSR count). The maximum absolute atomic E-state index is 11.8. The summed E-state index contributed by atoms with van der Waals surface area (Å²) in [5.41, 5.74) is 1.94. The average molecular weight is 272 g/mol. The van der Waals surface area contributed by atoms with Crippen molar-refractivity contribution in [3.05, 3.63) is 47.3 Å². The molecule has 0 aliphatic rings. The number of carbonyl (C=O) groups is 2. The van der Waals surface area contributed by atoms with Gasteiger partial charge in [0.15, 0.2) is 11.5 Å². The zero-order valence-electron chi connectivity index (χ0n) is 11.5. The normalized spacial score (nSPS) is 10.3. The Kier molecular flexibility index (Phi) is 4.24. The molecule has 1 aromatic heterocycles. The van der Waals surface area contributed by atoms with Crippen LogP contribution in [0, 0.1) is 6.92 Å². The number of nitrogens with zero attached hydrogens (tertiary/aromatic N) is 3. The Morgan fingerprint density at radius 2 is 1.95 bits per heavy atom. The molecule has 0 fully saturated rings. The van der Waals surface area contributed by atoms with Crippen molar-refractivity contribution in [2.24, 2.45) is 0 Å². The van der Waals surface area contributed by atoms with Crippen molar-refractivity contribution >= 4 is 11.7 Å². The molecule has 6 heteroatoms. The van der Waals surface area contributed by atoms with Crippen molar-refractivity contribution in [1.29, 1.82) is 0 Å². The fourth-order valence-corrected chi connectivity index (χ4v) is 1.82. The Morgan fingerprint density at radius 3 is 2.55 bits per heavy atom. The van der Waals surface area contributed by atoms with Gasteiger partial charge in [-0.1, -0.05) is 35.5 Å². The van der Waals surface area contributed by atoms with E-state index in [1.807, 2.05) is 30.3 Å². The van der Waals surface area contributed by atoms with Crippen LogP contribution in [0.3, 0.4) is 0 Å². The maximum Gasteiger partial charge on any atom is 0.242 e. The minimum atomic E-state index is -0.169. The summed E-state index contributed by atoms with van der Waals surface area (Å²) in [6.07, 6.45) is 0. The molecule has 104 valence electrons. The average Bonchev–Trinajstić information content (AvgIpc) is 2.79. The molecule has 0 bridgehead atoms. The van der Waals surface area contributed by atoms with Gasteiger partial charge in [0, 0.05) is 13.5 Å². The van der Waals surface area contributed by atoms with Crippen molar-refractivity contribution in [3.63, 3.8) is 0 Å². The lowest BCUT2D eigenvalue weighted by molar-refractivity contribution is -0.122. The maximum atomic E-state index is 11.8. The Labute approximate surface area is 116 Å². The van der Waals surface area contributed by atoms with Crippen LogP contribution in [0.2, 0.25) is 0 Å². The number of ketones is 1. The predicted molar refractivity (Wildman–Crippen MR) is 73.1 cm³/mol. The van der Waals surface area contributed by atoms with Crippen LogP contribution in [-0.2, 0) is 17.9 Å². The third-order valence-corrected chi connectivity index (χ3v) is 2.94. The molecule has 20 heavy (non-hydrogen) atoms. The van der Waals surface area contributed by atoms with Gasteiger partial charge < -0.3 is 5.32 Å². The van der Waals surface area contributed by atoms with Gasteiger partial charge in [0.2, 0.25) is 5.91 Å². The van der Waals surface area contributed by atoms with E-state index < -0.39 is 0 Å². The van der Waals surface area contributed by atoms with Gasteiger partial charge in [-0.2, -0.15) is 0 Å². The van der Waals surface area contributed by atoms with E-state index in [0.29, 0.717) is 17.9 Å². The van der Waals surface area contributed by atoms with Crippen molar-refractivity contribution in [2.75, 3.05) is 0 Å². The second kappa shape index (κ2) is 6.10. The summed E-state index contributed by atoms with van der Waals surface area (Å²) in [4.78, 5) is 23.1. The van der Waals surface area contributed by atoms with E-state index in [2.05, 4.69) is 15.6 Å². The van der Waals surface area contributed by atoms with Gasteiger partial charge in [-0.3, -0.25) is 9.59 Å². The fourth-order valence-electron chi connectivity index (χ4n) is 1.82. The van der Waals surface area contributed by atoms with E-state index in [0.717, 1.165) is 5.56 Å². The van der Waals surface area contributed by atoms with E-state index in [1.54, 1.807) is 6.92 Å². The van der Waals surface area contributed by atoms with Crippen LogP contribution in [0.1, 0.15) is 28.7 Å². The number of nitrogens with one attached hydrogen (secondary N) is 1. The molecular weight excluding hydrogens is 256 g/mol. The quantitative estimate of drug-likeness (QED) is 0.827. The monoisotopic (exact) mass is 272 g/mol. The van der Waals surface area contributed by atoms with E-state index in [4.69, 9.17) is 0 Å². The summed E-state index contributed by atoms with van der Waals surface area (Å²) in [6, 6.07) is 9.64. The highest BCUT2D eigenvalue weighted by Gasteiger charge is 2.14. The standard InChI is InChI=1S/C14H16N4O2/c1-10-14(11(2)19)16-17-18(10)9-13(20)15-8-12-6-4-3-5-7-12/h3-7H,8-9H2,1-2H3,(H,15,20). The highest BCUT2D eigenvalue weighted by atomic mass is 16.2. The van der Waals surface area contributed by atoms with E-state index in [1.165, 1.54) is 11.6 Å². The largest absolute Gasteiger partial charge is 0.350 e. The lowest BCUT2D eigenvalue weighted by Gasteiger charge is -2.06. The first-order chi connectivity index (χ1) is 9.58.